The molecule has 0 saturated carbocycles. The molecule has 0 bridgehead atoms. The Balaban J connectivity index is 2.15. The molecule has 7 heteroatoms. The molecule has 0 aliphatic rings. The van der Waals surface area contributed by atoms with Gasteiger partial charge in [-0.25, -0.2) is 5.43 Å². The highest BCUT2D eigenvalue weighted by Gasteiger charge is 2.18. The van der Waals surface area contributed by atoms with Gasteiger partial charge >= 0.3 is 0 Å². The average Bonchev–Trinajstić information content (AvgIpc) is 2.84. The van der Waals surface area contributed by atoms with Gasteiger partial charge in [0.15, 0.2) is 5.82 Å². The first kappa shape index (κ1) is 10.8. The van der Waals surface area contributed by atoms with Crippen LogP contribution in [0.1, 0.15) is 23.2 Å². The lowest BCUT2D eigenvalue weighted by Gasteiger charge is -2.11. The number of hydrazine groups is 1. The molecule has 0 aliphatic heterocycles. The van der Waals surface area contributed by atoms with Crippen LogP contribution in [0.4, 0.5) is 0 Å². The minimum absolute atomic E-state index is 0.140. The lowest BCUT2D eigenvalue weighted by atomic mass is 10.1. The van der Waals surface area contributed by atoms with Crippen LogP contribution in [0.15, 0.2) is 16.7 Å². The third kappa shape index (κ3) is 2.10. The number of rotatable bonds is 4. The van der Waals surface area contributed by atoms with E-state index in [1.807, 2.05) is 13.0 Å². The predicted molar refractivity (Wildman–Crippen MR) is 56.0 cm³/mol. The standard InChI is InChI=1S/C9H14N6O/c1-6-3-4-16-9(6)7(11-10)5-8-12-14-15(2)13-8/h3-4,7,11H,5,10H2,1-2H3. The second kappa shape index (κ2) is 4.42. The van der Waals surface area contributed by atoms with Crippen LogP contribution in [0.25, 0.3) is 0 Å². The highest BCUT2D eigenvalue weighted by Crippen LogP contribution is 2.20. The molecular weight excluding hydrogens is 208 g/mol. The molecule has 1 unspecified atom stereocenters. The number of aryl methyl sites for hydroxylation is 2. The Kier molecular flexibility index (Phi) is 2.97. The van der Waals surface area contributed by atoms with Gasteiger partial charge in [0.05, 0.1) is 19.4 Å². The van der Waals surface area contributed by atoms with Gasteiger partial charge in [0.25, 0.3) is 0 Å². The lowest BCUT2D eigenvalue weighted by molar-refractivity contribution is 0.408. The number of furan rings is 1. The van der Waals surface area contributed by atoms with Gasteiger partial charge in [-0.3, -0.25) is 5.84 Å². The fourth-order valence-electron chi connectivity index (χ4n) is 1.56. The minimum atomic E-state index is -0.140. The topological polar surface area (TPSA) is 94.8 Å². The molecule has 2 rings (SSSR count). The predicted octanol–water partition coefficient (Wildman–Crippen LogP) is -0.141. The molecule has 86 valence electrons. The third-order valence-electron chi connectivity index (χ3n) is 2.36. The van der Waals surface area contributed by atoms with Crippen LogP contribution in [0, 0.1) is 6.92 Å². The fourth-order valence-corrected chi connectivity index (χ4v) is 1.56. The number of nitrogens with two attached hydrogens (primary N) is 1. The Hall–Kier alpha value is -1.73. The maximum absolute atomic E-state index is 5.49. The Bertz CT molecular complexity index is 462. The summed E-state index contributed by atoms with van der Waals surface area (Å²) in [7, 11) is 1.72. The molecule has 0 aliphatic carbocycles. The van der Waals surface area contributed by atoms with Crippen LogP contribution in [0.2, 0.25) is 0 Å². The molecule has 0 spiro atoms. The molecule has 0 amide bonds. The van der Waals surface area contributed by atoms with Crippen molar-refractivity contribution in [3.8, 4) is 0 Å². The summed E-state index contributed by atoms with van der Waals surface area (Å²) < 4.78 is 5.37. The molecule has 0 radical (unpaired) electrons. The third-order valence-corrected chi connectivity index (χ3v) is 2.36. The molecular formula is C9H14N6O. The molecule has 2 aromatic heterocycles. The van der Waals surface area contributed by atoms with Crippen molar-refractivity contribution in [1.29, 1.82) is 0 Å². The van der Waals surface area contributed by atoms with Crippen molar-refractivity contribution < 1.29 is 4.42 Å². The molecule has 7 nitrogen and oxygen atoms in total. The summed E-state index contributed by atoms with van der Waals surface area (Å²) in [5.74, 6) is 6.92. The van der Waals surface area contributed by atoms with Crippen molar-refractivity contribution >= 4 is 0 Å². The van der Waals surface area contributed by atoms with E-state index in [0.29, 0.717) is 12.2 Å². The van der Waals surface area contributed by atoms with Gasteiger partial charge in [0.1, 0.15) is 5.76 Å². The van der Waals surface area contributed by atoms with E-state index in [1.54, 1.807) is 13.3 Å². The molecule has 2 heterocycles. The van der Waals surface area contributed by atoms with E-state index < -0.39 is 0 Å². The number of nitrogens with zero attached hydrogens (tertiary/aromatic N) is 4. The molecule has 0 saturated heterocycles. The maximum atomic E-state index is 5.49. The number of aromatic nitrogens is 4. The quantitative estimate of drug-likeness (QED) is 0.552. The zero-order chi connectivity index (χ0) is 11.5. The van der Waals surface area contributed by atoms with E-state index in [2.05, 4.69) is 20.8 Å². The Morgan fingerprint density at radius 3 is 2.94 bits per heavy atom. The van der Waals surface area contributed by atoms with Gasteiger partial charge in [-0.15, -0.1) is 10.2 Å². The van der Waals surface area contributed by atoms with E-state index in [4.69, 9.17) is 10.3 Å². The SMILES string of the molecule is Cc1ccoc1C(Cc1nnn(C)n1)NN. The number of tetrazole rings is 1. The molecule has 16 heavy (non-hydrogen) atoms. The Labute approximate surface area is 92.6 Å². The van der Waals surface area contributed by atoms with E-state index in [-0.39, 0.29) is 6.04 Å². The number of nitrogens with one attached hydrogen (secondary N) is 1. The van der Waals surface area contributed by atoms with Crippen molar-refractivity contribution in [1.82, 2.24) is 25.6 Å². The highest BCUT2D eigenvalue weighted by atomic mass is 16.3. The van der Waals surface area contributed by atoms with Gasteiger partial charge in [-0.2, -0.15) is 4.80 Å². The number of hydrogen-bond acceptors (Lipinski definition) is 6. The van der Waals surface area contributed by atoms with Gasteiger partial charge in [0, 0.05) is 6.42 Å². The average molecular weight is 222 g/mol. The summed E-state index contributed by atoms with van der Waals surface area (Å²) in [6.45, 7) is 1.97. The van der Waals surface area contributed by atoms with Gasteiger partial charge in [-0.05, 0) is 23.8 Å². The van der Waals surface area contributed by atoms with Crippen LogP contribution in [-0.2, 0) is 13.5 Å². The minimum Gasteiger partial charge on any atom is -0.467 e. The summed E-state index contributed by atoms with van der Waals surface area (Å²) in [5, 5.41) is 11.8. The van der Waals surface area contributed by atoms with Crippen molar-refractivity contribution in [3.63, 3.8) is 0 Å². The van der Waals surface area contributed by atoms with E-state index in [9.17, 15) is 0 Å². The Morgan fingerprint density at radius 2 is 2.44 bits per heavy atom. The molecule has 1 atom stereocenters. The maximum Gasteiger partial charge on any atom is 0.176 e. The van der Waals surface area contributed by atoms with Gasteiger partial charge in [0.2, 0.25) is 0 Å². The zero-order valence-electron chi connectivity index (χ0n) is 9.21. The first-order valence-corrected chi connectivity index (χ1v) is 4.93. The van der Waals surface area contributed by atoms with Crippen LogP contribution >= 0.6 is 0 Å². The van der Waals surface area contributed by atoms with Crippen LogP contribution in [0.3, 0.4) is 0 Å². The van der Waals surface area contributed by atoms with E-state index in [1.165, 1.54) is 4.80 Å². The zero-order valence-corrected chi connectivity index (χ0v) is 9.21. The van der Waals surface area contributed by atoms with Crippen molar-refractivity contribution in [2.75, 3.05) is 0 Å². The fraction of sp³-hybridized carbons (Fsp3) is 0.444. The largest absolute Gasteiger partial charge is 0.467 e. The van der Waals surface area contributed by atoms with Crippen molar-refractivity contribution in [2.24, 2.45) is 12.9 Å². The molecule has 0 fully saturated rings. The summed E-state index contributed by atoms with van der Waals surface area (Å²) in [6, 6.07) is 1.75. The monoisotopic (exact) mass is 222 g/mol. The Morgan fingerprint density at radius 1 is 1.62 bits per heavy atom. The first-order valence-electron chi connectivity index (χ1n) is 4.93. The molecule has 0 aromatic carbocycles. The van der Waals surface area contributed by atoms with Crippen LogP contribution < -0.4 is 11.3 Å². The number of hydrogen-bond donors (Lipinski definition) is 2. The van der Waals surface area contributed by atoms with Crippen LogP contribution in [-0.4, -0.2) is 20.2 Å². The van der Waals surface area contributed by atoms with Gasteiger partial charge < -0.3 is 4.42 Å². The normalized spacial score (nSPS) is 12.9. The first-order chi connectivity index (χ1) is 7.70. The second-order valence-electron chi connectivity index (χ2n) is 3.59. The van der Waals surface area contributed by atoms with Crippen LogP contribution in [0.5, 0.6) is 0 Å². The van der Waals surface area contributed by atoms with Crippen molar-refractivity contribution in [2.45, 2.75) is 19.4 Å². The summed E-state index contributed by atoms with van der Waals surface area (Å²) in [6.07, 6.45) is 2.18. The van der Waals surface area contributed by atoms with E-state index >= 15 is 0 Å². The smallest absolute Gasteiger partial charge is 0.176 e. The lowest BCUT2D eigenvalue weighted by Crippen LogP contribution is -2.30. The summed E-state index contributed by atoms with van der Waals surface area (Å²) in [4.78, 5) is 1.41. The second-order valence-corrected chi connectivity index (χ2v) is 3.59. The summed E-state index contributed by atoms with van der Waals surface area (Å²) in [5.41, 5.74) is 3.74. The molecule has 3 N–H and O–H groups in total. The molecule has 2 aromatic rings. The highest BCUT2D eigenvalue weighted by molar-refractivity contribution is 5.18. The van der Waals surface area contributed by atoms with Crippen molar-refractivity contribution in [3.05, 3.63) is 29.5 Å². The van der Waals surface area contributed by atoms with Gasteiger partial charge in [-0.1, -0.05) is 0 Å². The summed E-state index contributed by atoms with van der Waals surface area (Å²) >= 11 is 0. The van der Waals surface area contributed by atoms with E-state index in [0.717, 1.165) is 11.3 Å².